The summed E-state index contributed by atoms with van der Waals surface area (Å²) in [7, 11) is 1.92. The van der Waals surface area contributed by atoms with Crippen LogP contribution in [0, 0.1) is 11.3 Å². The summed E-state index contributed by atoms with van der Waals surface area (Å²) in [6, 6.07) is 0. The van der Waals surface area contributed by atoms with E-state index in [1.165, 1.54) is 0 Å². The number of rotatable bonds is 6. The minimum Gasteiger partial charge on any atom is -0.369 e. The summed E-state index contributed by atoms with van der Waals surface area (Å²) in [4.78, 5) is 27.2. The fourth-order valence-electron chi connectivity index (χ4n) is 2.62. The van der Waals surface area contributed by atoms with Gasteiger partial charge in [0.05, 0.1) is 12.5 Å². The summed E-state index contributed by atoms with van der Waals surface area (Å²) in [5.74, 6) is -0.440. The third kappa shape index (κ3) is 5.09. The van der Waals surface area contributed by atoms with Crippen molar-refractivity contribution in [2.45, 2.75) is 26.7 Å². The molecule has 1 rings (SSSR count). The molecule has 1 atom stereocenters. The monoisotopic (exact) mass is 284 g/mol. The quantitative estimate of drug-likeness (QED) is 0.696. The zero-order valence-corrected chi connectivity index (χ0v) is 12.9. The molecule has 6 heteroatoms. The van der Waals surface area contributed by atoms with Gasteiger partial charge in [-0.3, -0.25) is 14.5 Å². The van der Waals surface area contributed by atoms with Crippen molar-refractivity contribution < 1.29 is 9.59 Å². The van der Waals surface area contributed by atoms with Gasteiger partial charge in [0.15, 0.2) is 0 Å². The van der Waals surface area contributed by atoms with Crippen molar-refractivity contribution in [1.29, 1.82) is 0 Å². The fourth-order valence-corrected chi connectivity index (χ4v) is 2.62. The van der Waals surface area contributed by atoms with Crippen molar-refractivity contribution in [1.82, 2.24) is 9.80 Å². The number of carbonyl (C=O) groups excluding carboxylic acids is 2. The molecule has 1 heterocycles. The summed E-state index contributed by atoms with van der Waals surface area (Å²) in [6.07, 6.45) is 1.63. The maximum atomic E-state index is 12.3. The second-order valence-electron chi connectivity index (χ2n) is 6.62. The number of carbonyl (C=O) groups is 2. The van der Waals surface area contributed by atoms with Crippen LogP contribution in [-0.2, 0) is 9.59 Å². The third-order valence-electron chi connectivity index (χ3n) is 3.83. The Kier molecular flexibility index (Phi) is 5.95. The average Bonchev–Trinajstić information content (AvgIpc) is 2.38. The SMILES string of the molecule is CN(CC(=O)N1CCCC(C(N)=O)C1)CC(C)(C)CN. The molecule has 0 radical (unpaired) electrons. The first-order valence-electron chi connectivity index (χ1n) is 7.21. The van der Waals surface area contributed by atoms with Crippen LogP contribution in [0.4, 0.5) is 0 Å². The maximum Gasteiger partial charge on any atom is 0.236 e. The molecule has 0 saturated carbocycles. The van der Waals surface area contributed by atoms with Gasteiger partial charge in [-0.25, -0.2) is 0 Å². The van der Waals surface area contributed by atoms with Crippen LogP contribution in [0.3, 0.4) is 0 Å². The van der Waals surface area contributed by atoms with Crippen LogP contribution in [0.5, 0.6) is 0 Å². The Morgan fingerprint density at radius 1 is 1.40 bits per heavy atom. The number of likely N-dealkylation sites (tertiary alicyclic amines) is 1. The lowest BCUT2D eigenvalue weighted by atomic mass is 9.93. The van der Waals surface area contributed by atoms with E-state index < -0.39 is 0 Å². The molecule has 1 fully saturated rings. The highest BCUT2D eigenvalue weighted by atomic mass is 16.2. The Morgan fingerprint density at radius 3 is 2.60 bits per heavy atom. The Hall–Kier alpha value is -1.14. The van der Waals surface area contributed by atoms with E-state index >= 15 is 0 Å². The Balaban J connectivity index is 2.47. The first-order valence-corrected chi connectivity index (χ1v) is 7.21. The first-order chi connectivity index (χ1) is 9.25. The fraction of sp³-hybridized carbons (Fsp3) is 0.857. The number of primary amides is 1. The van der Waals surface area contributed by atoms with Crippen LogP contribution in [0.15, 0.2) is 0 Å². The molecule has 0 aromatic heterocycles. The van der Waals surface area contributed by atoms with Crippen LogP contribution >= 0.6 is 0 Å². The Labute approximate surface area is 121 Å². The van der Waals surface area contributed by atoms with E-state index in [0.717, 1.165) is 25.9 Å². The van der Waals surface area contributed by atoms with Crippen LogP contribution in [0.2, 0.25) is 0 Å². The molecule has 6 nitrogen and oxygen atoms in total. The number of nitrogens with two attached hydrogens (primary N) is 2. The molecule has 0 aromatic rings. The van der Waals surface area contributed by atoms with Gasteiger partial charge in [-0.05, 0) is 31.8 Å². The summed E-state index contributed by atoms with van der Waals surface area (Å²) in [5.41, 5.74) is 11.0. The molecule has 4 N–H and O–H groups in total. The molecule has 116 valence electrons. The van der Waals surface area contributed by atoms with Gasteiger partial charge in [-0.2, -0.15) is 0 Å². The normalized spacial score (nSPS) is 20.2. The largest absolute Gasteiger partial charge is 0.369 e. The minimum atomic E-state index is -0.305. The molecule has 2 amide bonds. The Morgan fingerprint density at radius 2 is 2.05 bits per heavy atom. The number of likely N-dealkylation sites (N-methyl/N-ethyl adjacent to an activating group) is 1. The number of nitrogens with zero attached hydrogens (tertiary/aromatic N) is 2. The third-order valence-corrected chi connectivity index (χ3v) is 3.83. The van der Waals surface area contributed by atoms with Gasteiger partial charge in [0.25, 0.3) is 0 Å². The van der Waals surface area contributed by atoms with Gasteiger partial charge in [-0.15, -0.1) is 0 Å². The molecule has 1 saturated heterocycles. The van der Waals surface area contributed by atoms with Gasteiger partial charge in [0.2, 0.25) is 11.8 Å². The standard InChI is InChI=1S/C14H28N4O2/c1-14(2,9-15)10-17(3)8-12(19)18-6-4-5-11(7-18)13(16)20/h11H,4-10,15H2,1-3H3,(H2,16,20). The summed E-state index contributed by atoms with van der Waals surface area (Å²) in [6.45, 7) is 7.05. The van der Waals surface area contributed by atoms with E-state index in [4.69, 9.17) is 11.5 Å². The minimum absolute atomic E-state index is 0.00725. The molecule has 1 aliphatic rings. The zero-order valence-electron chi connectivity index (χ0n) is 12.9. The van der Waals surface area contributed by atoms with Crippen LogP contribution in [0.25, 0.3) is 0 Å². The highest BCUT2D eigenvalue weighted by Crippen LogP contribution is 2.17. The molecule has 1 unspecified atom stereocenters. The predicted molar refractivity (Wildman–Crippen MR) is 78.8 cm³/mol. The lowest BCUT2D eigenvalue weighted by Crippen LogP contribution is -2.48. The van der Waals surface area contributed by atoms with Crippen molar-refractivity contribution in [2.75, 3.05) is 39.8 Å². The highest BCUT2D eigenvalue weighted by molar-refractivity contribution is 5.81. The lowest BCUT2D eigenvalue weighted by molar-refractivity contribution is -0.135. The van der Waals surface area contributed by atoms with E-state index in [9.17, 15) is 9.59 Å². The van der Waals surface area contributed by atoms with Crippen molar-refractivity contribution in [2.24, 2.45) is 22.8 Å². The second-order valence-corrected chi connectivity index (χ2v) is 6.62. The van der Waals surface area contributed by atoms with Crippen molar-refractivity contribution in [3.63, 3.8) is 0 Å². The number of hydrogen-bond acceptors (Lipinski definition) is 4. The van der Waals surface area contributed by atoms with Gasteiger partial charge in [-0.1, -0.05) is 13.8 Å². The summed E-state index contributed by atoms with van der Waals surface area (Å²) in [5, 5.41) is 0. The first kappa shape index (κ1) is 16.9. The molecular weight excluding hydrogens is 256 g/mol. The lowest BCUT2D eigenvalue weighted by Gasteiger charge is -2.34. The van der Waals surface area contributed by atoms with Crippen molar-refractivity contribution in [3.05, 3.63) is 0 Å². The van der Waals surface area contributed by atoms with Crippen LogP contribution in [-0.4, -0.2) is 61.4 Å². The van der Waals surface area contributed by atoms with Crippen molar-refractivity contribution in [3.8, 4) is 0 Å². The topological polar surface area (TPSA) is 92.7 Å². The number of hydrogen-bond donors (Lipinski definition) is 2. The predicted octanol–water partition coefficient (Wildman–Crippen LogP) is -0.373. The molecule has 0 bridgehead atoms. The molecule has 1 aliphatic heterocycles. The van der Waals surface area contributed by atoms with Gasteiger partial charge < -0.3 is 16.4 Å². The maximum absolute atomic E-state index is 12.3. The highest BCUT2D eigenvalue weighted by Gasteiger charge is 2.28. The molecule has 0 spiro atoms. The molecule has 0 aliphatic carbocycles. The van der Waals surface area contributed by atoms with E-state index in [1.54, 1.807) is 4.90 Å². The smallest absolute Gasteiger partial charge is 0.236 e. The van der Waals surface area contributed by atoms with Crippen LogP contribution < -0.4 is 11.5 Å². The summed E-state index contributed by atoms with van der Waals surface area (Å²) >= 11 is 0. The van der Waals surface area contributed by atoms with E-state index in [1.807, 2.05) is 11.9 Å². The van der Waals surface area contributed by atoms with Crippen LogP contribution in [0.1, 0.15) is 26.7 Å². The molecular formula is C14H28N4O2. The zero-order chi connectivity index (χ0) is 15.3. The Bertz CT molecular complexity index is 357. The van der Waals surface area contributed by atoms with E-state index in [-0.39, 0.29) is 23.1 Å². The van der Waals surface area contributed by atoms with E-state index in [2.05, 4.69) is 13.8 Å². The second kappa shape index (κ2) is 7.04. The van der Waals surface area contributed by atoms with Gasteiger partial charge in [0.1, 0.15) is 0 Å². The number of amides is 2. The van der Waals surface area contributed by atoms with E-state index in [0.29, 0.717) is 19.6 Å². The number of piperidine rings is 1. The van der Waals surface area contributed by atoms with Gasteiger partial charge >= 0.3 is 0 Å². The molecule has 20 heavy (non-hydrogen) atoms. The molecule has 0 aromatic carbocycles. The van der Waals surface area contributed by atoms with Crippen molar-refractivity contribution >= 4 is 11.8 Å². The average molecular weight is 284 g/mol. The van der Waals surface area contributed by atoms with Gasteiger partial charge in [0, 0.05) is 19.6 Å². The summed E-state index contributed by atoms with van der Waals surface area (Å²) < 4.78 is 0.